The van der Waals surface area contributed by atoms with Crippen LogP contribution in [0.15, 0.2) is 57.7 Å². The maximum atomic E-state index is 12.4. The highest BCUT2D eigenvalue weighted by Gasteiger charge is 2.19. The second kappa shape index (κ2) is 7.49. The summed E-state index contributed by atoms with van der Waals surface area (Å²) in [7, 11) is 0. The monoisotopic (exact) mass is 372 g/mol. The van der Waals surface area contributed by atoms with Gasteiger partial charge in [0.2, 0.25) is 0 Å². The van der Waals surface area contributed by atoms with Crippen LogP contribution in [0.25, 0.3) is 10.8 Å². The topological polar surface area (TPSA) is 85.8 Å². The third-order valence-electron chi connectivity index (χ3n) is 3.75. The van der Waals surface area contributed by atoms with E-state index in [0.717, 1.165) is 6.42 Å². The second-order valence-corrected chi connectivity index (χ2v) is 5.96. The highest BCUT2D eigenvalue weighted by atomic mass is 35.5. The number of hydrogen-bond donors (Lipinski definition) is 1. The van der Waals surface area contributed by atoms with Crippen LogP contribution in [0.1, 0.15) is 13.3 Å². The fraction of sp³-hybridized carbons (Fsp3) is 0.158. The van der Waals surface area contributed by atoms with E-state index >= 15 is 0 Å². The average molecular weight is 373 g/mol. The highest BCUT2D eigenvalue weighted by Crippen LogP contribution is 2.34. The molecule has 1 aromatic heterocycles. The van der Waals surface area contributed by atoms with Gasteiger partial charge in [0.1, 0.15) is 5.02 Å². The Hall–Kier alpha value is -2.99. The van der Waals surface area contributed by atoms with E-state index in [0.29, 0.717) is 23.4 Å². The minimum atomic E-state index is -0.672. The molecule has 0 saturated heterocycles. The van der Waals surface area contributed by atoms with E-state index in [9.17, 15) is 9.59 Å². The Morgan fingerprint density at radius 1 is 1.15 bits per heavy atom. The molecular weight excluding hydrogens is 356 g/mol. The number of carbonyl (C=O) groups is 1. The zero-order valence-corrected chi connectivity index (χ0v) is 14.8. The van der Waals surface area contributed by atoms with Crippen molar-refractivity contribution in [2.45, 2.75) is 13.3 Å². The summed E-state index contributed by atoms with van der Waals surface area (Å²) >= 11 is 6.30. The SMILES string of the molecule is CCCOc1oc(=O)c2cc(N(C(N)=O)c3ccccc3)ccc2c1Cl. The van der Waals surface area contributed by atoms with E-state index in [-0.39, 0.29) is 16.4 Å². The number of primary amides is 1. The van der Waals surface area contributed by atoms with Crippen molar-refractivity contribution in [3.8, 4) is 5.95 Å². The molecule has 2 aromatic carbocycles. The van der Waals surface area contributed by atoms with Gasteiger partial charge in [0.05, 0.1) is 23.4 Å². The van der Waals surface area contributed by atoms with Crippen LogP contribution in [-0.4, -0.2) is 12.6 Å². The number of nitrogens with zero attached hydrogens (tertiary/aromatic N) is 1. The van der Waals surface area contributed by atoms with Crippen molar-refractivity contribution in [2.24, 2.45) is 5.73 Å². The summed E-state index contributed by atoms with van der Waals surface area (Å²) in [4.78, 5) is 25.6. The summed E-state index contributed by atoms with van der Waals surface area (Å²) in [6, 6.07) is 13.0. The Morgan fingerprint density at radius 3 is 2.54 bits per heavy atom. The number of para-hydroxylation sites is 1. The number of rotatable bonds is 5. The summed E-state index contributed by atoms with van der Waals surface area (Å²) in [6.07, 6.45) is 0.752. The molecule has 0 unspecified atom stereocenters. The lowest BCUT2D eigenvalue weighted by atomic mass is 10.1. The largest absolute Gasteiger partial charge is 0.464 e. The molecule has 2 N–H and O–H groups in total. The van der Waals surface area contributed by atoms with Gasteiger partial charge in [-0.25, -0.2) is 9.59 Å². The Labute approximate surface area is 154 Å². The molecule has 0 aliphatic heterocycles. The molecule has 0 fully saturated rings. The second-order valence-electron chi connectivity index (χ2n) is 5.58. The summed E-state index contributed by atoms with van der Waals surface area (Å²) < 4.78 is 10.6. The number of anilines is 2. The van der Waals surface area contributed by atoms with Crippen molar-refractivity contribution >= 4 is 39.8 Å². The van der Waals surface area contributed by atoms with E-state index in [1.807, 2.05) is 13.0 Å². The number of halogens is 1. The minimum Gasteiger partial charge on any atom is -0.464 e. The standard InChI is InChI=1S/C19H17ClN2O4/c1-2-10-25-18-16(20)14-9-8-13(11-15(14)17(23)26-18)22(19(21)24)12-6-4-3-5-7-12/h3-9,11H,2,10H2,1H3,(H2,21,24). The van der Waals surface area contributed by atoms with Crippen molar-refractivity contribution in [3.63, 3.8) is 0 Å². The molecule has 2 amide bonds. The van der Waals surface area contributed by atoms with Crippen LogP contribution in [0.5, 0.6) is 5.95 Å². The summed E-state index contributed by atoms with van der Waals surface area (Å²) in [5.74, 6) is -0.00594. The molecule has 6 nitrogen and oxygen atoms in total. The zero-order chi connectivity index (χ0) is 18.7. The number of hydrogen-bond acceptors (Lipinski definition) is 4. The summed E-state index contributed by atoms with van der Waals surface area (Å²) in [5.41, 5.74) is 5.94. The highest BCUT2D eigenvalue weighted by molar-refractivity contribution is 6.36. The van der Waals surface area contributed by atoms with Crippen LogP contribution in [-0.2, 0) is 0 Å². The number of benzene rings is 2. The van der Waals surface area contributed by atoms with E-state index in [1.165, 1.54) is 11.0 Å². The molecule has 0 saturated carbocycles. The maximum Gasteiger partial charge on any atom is 0.346 e. The van der Waals surface area contributed by atoms with Crippen molar-refractivity contribution in [1.29, 1.82) is 0 Å². The third kappa shape index (κ3) is 3.36. The smallest absolute Gasteiger partial charge is 0.346 e. The lowest BCUT2D eigenvalue weighted by Gasteiger charge is -2.21. The molecule has 0 aliphatic carbocycles. The van der Waals surface area contributed by atoms with Gasteiger partial charge >= 0.3 is 17.6 Å². The van der Waals surface area contributed by atoms with Crippen molar-refractivity contribution in [1.82, 2.24) is 0 Å². The number of fused-ring (bicyclic) bond motifs is 1. The molecule has 3 aromatic rings. The Kier molecular flexibility index (Phi) is 5.14. The van der Waals surface area contributed by atoms with Crippen LogP contribution in [0.3, 0.4) is 0 Å². The molecule has 0 aliphatic rings. The average Bonchev–Trinajstić information content (AvgIpc) is 2.64. The number of nitrogens with two attached hydrogens (primary N) is 1. The van der Waals surface area contributed by atoms with Gasteiger partial charge < -0.3 is 14.9 Å². The maximum absolute atomic E-state index is 12.4. The van der Waals surface area contributed by atoms with Crippen LogP contribution < -0.4 is 21.0 Å². The fourth-order valence-corrected chi connectivity index (χ4v) is 2.85. The van der Waals surface area contributed by atoms with Gasteiger partial charge in [-0.15, -0.1) is 0 Å². The predicted molar refractivity (Wildman–Crippen MR) is 101 cm³/mol. The van der Waals surface area contributed by atoms with Crippen molar-refractivity contribution in [3.05, 3.63) is 64.0 Å². The Bertz CT molecular complexity index is 1000. The first kappa shape index (κ1) is 17.8. The van der Waals surface area contributed by atoms with E-state index in [4.69, 9.17) is 26.5 Å². The van der Waals surface area contributed by atoms with Crippen LogP contribution in [0.2, 0.25) is 5.02 Å². The van der Waals surface area contributed by atoms with E-state index < -0.39 is 11.7 Å². The Morgan fingerprint density at radius 2 is 1.88 bits per heavy atom. The molecule has 0 spiro atoms. The first-order chi connectivity index (χ1) is 12.5. The molecular formula is C19H17ClN2O4. The number of ether oxygens (including phenoxy) is 1. The minimum absolute atomic E-state index is 0.00594. The Balaban J connectivity index is 2.13. The van der Waals surface area contributed by atoms with Crippen molar-refractivity contribution < 1.29 is 13.9 Å². The van der Waals surface area contributed by atoms with E-state index in [2.05, 4.69) is 0 Å². The summed E-state index contributed by atoms with van der Waals surface area (Å²) in [5, 5.41) is 0.929. The first-order valence-corrected chi connectivity index (χ1v) is 8.44. The molecule has 1 heterocycles. The van der Waals surface area contributed by atoms with Gasteiger partial charge in [-0.1, -0.05) is 42.8 Å². The van der Waals surface area contributed by atoms with Crippen LogP contribution in [0.4, 0.5) is 16.2 Å². The fourth-order valence-electron chi connectivity index (χ4n) is 2.59. The number of amides is 2. The molecule has 0 radical (unpaired) electrons. The van der Waals surface area contributed by atoms with Crippen LogP contribution >= 0.6 is 11.6 Å². The number of carbonyl (C=O) groups excluding carboxylic acids is 1. The number of urea groups is 1. The van der Waals surface area contributed by atoms with Gasteiger partial charge in [-0.3, -0.25) is 4.90 Å². The zero-order valence-electron chi connectivity index (χ0n) is 14.1. The van der Waals surface area contributed by atoms with Gasteiger partial charge in [-0.05, 0) is 30.7 Å². The van der Waals surface area contributed by atoms with Crippen LogP contribution in [0, 0.1) is 0 Å². The van der Waals surface area contributed by atoms with Gasteiger partial charge in [0.25, 0.3) is 0 Å². The van der Waals surface area contributed by atoms with Crippen molar-refractivity contribution in [2.75, 3.05) is 11.5 Å². The molecule has 0 atom stereocenters. The molecule has 26 heavy (non-hydrogen) atoms. The van der Waals surface area contributed by atoms with E-state index in [1.54, 1.807) is 36.4 Å². The summed E-state index contributed by atoms with van der Waals surface area (Å²) in [6.45, 7) is 2.32. The van der Waals surface area contributed by atoms with Gasteiger partial charge in [-0.2, -0.15) is 0 Å². The lowest BCUT2D eigenvalue weighted by Crippen LogP contribution is -2.31. The molecule has 3 rings (SSSR count). The van der Waals surface area contributed by atoms with Gasteiger partial charge in [0, 0.05) is 5.39 Å². The molecule has 134 valence electrons. The predicted octanol–water partition coefficient (Wildman–Crippen LogP) is 4.45. The van der Waals surface area contributed by atoms with Gasteiger partial charge in [0.15, 0.2) is 0 Å². The quantitative estimate of drug-likeness (QED) is 0.716. The molecule has 7 heteroatoms. The normalized spacial score (nSPS) is 10.7. The molecule has 0 bridgehead atoms. The lowest BCUT2D eigenvalue weighted by molar-refractivity contribution is 0.233. The third-order valence-corrected chi connectivity index (χ3v) is 4.11. The first-order valence-electron chi connectivity index (χ1n) is 8.06.